The smallest absolute Gasteiger partial charge is 0.246 e. The largest absolute Gasteiger partial charge is 0.495 e. The van der Waals surface area contributed by atoms with Gasteiger partial charge < -0.3 is 14.8 Å². The van der Waals surface area contributed by atoms with Crippen molar-refractivity contribution in [2.45, 2.75) is 44.1 Å². The van der Waals surface area contributed by atoms with E-state index >= 15 is 0 Å². The molecule has 9 heteroatoms. The molecular weight excluding hydrogens is 404 g/mol. The lowest BCUT2D eigenvalue weighted by Crippen LogP contribution is -2.45. The highest BCUT2D eigenvalue weighted by atomic mass is 35.5. The van der Waals surface area contributed by atoms with Gasteiger partial charge in [0, 0.05) is 31.3 Å². The van der Waals surface area contributed by atoms with Crippen LogP contribution >= 0.6 is 11.6 Å². The highest BCUT2D eigenvalue weighted by Gasteiger charge is 2.34. The number of methoxy groups -OCH3 is 1. The number of sulfonamides is 1. The molecule has 0 bridgehead atoms. The molecule has 0 spiro atoms. The minimum atomic E-state index is -3.81. The van der Waals surface area contributed by atoms with Crippen LogP contribution in [-0.4, -0.2) is 58.1 Å². The molecule has 0 radical (unpaired) electrons. The second-order valence-electron chi connectivity index (χ2n) is 7.06. The number of hydrogen-bond acceptors (Lipinski definition) is 5. The van der Waals surface area contributed by atoms with Gasteiger partial charge in [-0.25, -0.2) is 8.42 Å². The zero-order chi connectivity index (χ0) is 20.7. The number of ether oxygens (including phenoxy) is 2. The van der Waals surface area contributed by atoms with Crippen molar-refractivity contribution in [3.05, 3.63) is 23.2 Å². The maximum Gasteiger partial charge on any atom is 0.246 e. The molecule has 1 heterocycles. The SMILES string of the molecule is COc1ccc(Cl)cc1S(=O)(=O)N1CCCC(C(=O)NCCCOC(C)C)C1. The number of halogens is 1. The molecule has 1 fully saturated rings. The summed E-state index contributed by atoms with van der Waals surface area (Å²) in [5, 5.41) is 3.20. The molecule has 0 aromatic heterocycles. The summed E-state index contributed by atoms with van der Waals surface area (Å²) in [5.74, 6) is -0.261. The predicted octanol–water partition coefficient (Wildman–Crippen LogP) is 2.68. The molecule has 1 aliphatic rings. The van der Waals surface area contributed by atoms with Gasteiger partial charge in [0.1, 0.15) is 10.6 Å². The van der Waals surface area contributed by atoms with Gasteiger partial charge in [-0.15, -0.1) is 0 Å². The quantitative estimate of drug-likeness (QED) is 0.606. The van der Waals surface area contributed by atoms with Gasteiger partial charge in [-0.3, -0.25) is 4.79 Å². The summed E-state index contributed by atoms with van der Waals surface area (Å²) in [6, 6.07) is 4.49. The van der Waals surface area contributed by atoms with Gasteiger partial charge in [-0.05, 0) is 51.3 Å². The van der Waals surface area contributed by atoms with Crippen molar-refractivity contribution in [1.29, 1.82) is 0 Å². The average molecular weight is 433 g/mol. The summed E-state index contributed by atoms with van der Waals surface area (Å²) in [6.07, 6.45) is 2.17. The highest BCUT2D eigenvalue weighted by molar-refractivity contribution is 7.89. The molecule has 7 nitrogen and oxygen atoms in total. The van der Waals surface area contributed by atoms with Crippen LogP contribution in [0.4, 0.5) is 0 Å². The molecule has 1 saturated heterocycles. The van der Waals surface area contributed by atoms with E-state index in [1.54, 1.807) is 6.07 Å². The molecular formula is C19H29ClN2O5S. The number of hydrogen-bond donors (Lipinski definition) is 1. The molecule has 158 valence electrons. The lowest BCUT2D eigenvalue weighted by molar-refractivity contribution is -0.126. The number of carbonyl (C=O) groups excluding carboxylic acids is 1. The number of carbonyl (C=O) groups is 1. The zero-order valence-corrected chi connectivity index (χ0v) is 18.2. The van der Waals surface area contributed by atoms with Crippen LogP contribution in [0.25, 0.3) is 0 Å². The summed E-state index contributed by atoms with van der Waals surface area (Å²) in [4.78, 5) is 12.5. The van der Waals surface area contributed by atoms with Crippen molar-refractivity contribution < 1.29 is 22.7 Å². The van der Waals surface area contributed by atoms with Crippen molar-refractivity contribution in [2.75, 3.05) is 33.4 Å². The van der Waals surface area contributed by atoms with Crippen molar-refractivity contribution >= 4 is 27.5 Å². The number of rotatable bonds is 9. The molecule has 28 heavy (non-hydrogen) atoms. The van der Waals surface area contributed by atoms with Crippen molar-refractivity contribution in [3.8, 4) is 5.75 Å². The van der Waals surface area contributed by atoms with Crippen LogP contribution in [0.3, 0.4) is 0 Å². The average Bonchev–Trinajstić information content (AvgIpc) is 2.67. The molecule has 1 atom stereocenters. The second kappa shape index (κ2) is 10.4. The van der Waals surface area contributed by atoms with E-state index in [1.165, 1.54) is 23.5 Å². The van der Waals surface area contributed by atoms with E-state index < -0.39 is 10.0 Å². The van der Waals surface area contributed by atoms with Crippen LogP contribution in [0.2, 0.25) is 5.02 Å². The fourth-order valence-corrected chi connectivity index (χ4v) is 5.06. The number of nitrogens with zero attached hydrogens (tertiary/aromatic N) is 1. The molecule has 1 aliphatic heterocycles. The maximum atomic E-state index is 13.1. The van der Waals surface area contributed by atoms with Gasteiger partial charge in [-0.2, -0.15) is 4.31 Å². The van der Waals surface area contributed by atoms with E-state index in [2.05, 4.69) is 5.32 Å². The molecule has 1 aromatic rings. The van der Waals surface area contributed by atoms with Crippen molar-refractivity contribution in [2.24, 2.45) is 5.92 Å². The van der Waals surface area contributed by atoms with Gasteiger partial charge in [0.25, 0.3) is 0 Å². The first-order valence-electron chi connectivity index (χ1n) is 9.48. The van der Waals surface area contributed by atoms with E-state index in [4.69, 9.17) is 21.1 Å². The predicted molar refractivity (Wildman–Crippen MR) is 108 cm³/mol. The Bertz CT molecular complexity index is 770. The number of amides is 1. The molecule has 2 rings (SSSR count). The van der Waals surface area contributed by atoms with Crippen LogP contribution in [0.15, 0.2) is 23.1 Å². The molecule has 1 amide bonds. The van der Waals surface area contributed by atoms with Gasteiger partial charge in [0.05, 0.1) is 19.1 Å². The van der Waals surface area contributed by atoms with Crippen molar-refractivity contribution in [3.63, 3.8) is 0 Å². The van der Waals surface area contributed by atoms with Crippen LogP contribution < -0.4 is 10.1 Å². The molecule has 1 unspecified atom stereocenters. The molecule has 0 saturated carbocycles. The van der Waals surface area contributed by atoms with Crippen LogP contribution in [-0.2, 0) is 19.6 Å². The highest BCUT2D eigenvalue weighted by Crippen LogP contribution is 2.31. The Kier molecular flexibility index (Phi) is 8.55. The molecule has 1 aromatic carbocycles. The normalized spacial score (nSPS) is 18.2. The zero-order valence-electron chi connectivity index (χ0n) is 16.6. The summed E-state index contributed by atoms with van der Waals surface area (Å²) in [5.41, 5.74) is 0. The third-order valence-electron chi connectivity index (χ3n) is 4.57. The Labute approximate surface area is 172 Å². The summed E-state index contributed by atoms with van der Waals surface area (Å²) >= 11 is 5.99. The lowest BCUT2D eigenvalue weighted by Gasteiger charge is -2.31. The Morgan fingerprint density at radius 2 is 2.14 bits per heavy atom. The molecule has 0 aliphatic carbocycles. The van der Waals surface area contributed by atoms with Crippen molar-refractivity contribution in [1.82, 2.24) is 9.62 Å². The third kappa shape index (κ3) is 6.07. The first-order chi connectivity index (χ1) is 13.3. The minimum Gasteiger partial charge on any atom is -0.495 e. The minimum absolute atomic E-state index is 0.0226. The van der Waals surface area contributed by atoms with E-state index in [-0.39, 0.29) is 35.1 Å². The van der Waals surface area contributed by atoms with Gasteiger partial charge in [0.15, 0.2) is 0 Å². The van der Waals surface area contributed by atoms with Crippen LogP contribution in [0.1, 0.15) is 33.1 Å². The monoisotopic (exact) mass is 432 g/mol. The van der Waals surface area contributed by atoms with Gasteiger partial charge in [-0.1, -0.05) is 11.6 Å². The first-order valence-corrected chi connectivity index (χ1v) is 11.3. The van der Waals surface area contributed by atoms with E-state index in [0.717, 1.165) is 6.42 Å². The van der Waals surface area contributed by atoms with Gasteiger partial charge >= 0.3 is 0 Å². The molecule has 1 N–H and O–H groups in total. The maximum absolute atomic E-state index is 13.1. The van der Waals surface area contributed by atoms with Gasteiger partial charge in [0.2, 0.25) is 15.9 Å². The third-order valence-corrected chi connectivity index (χ3v) is 6.69. The second-order valence-corrected chi connectivity index (χ2v) is 9.40. The number of piperidine rings is 1. The summed E-state index contributed by atoms with van der Waals surface area (Å²) in [7, 11) is -2.39. The summed E-state index contributed by atoms with van der Waals surface area (Å²) in [6.45, 7) is 5.53. The van der Waals surface area contributed by atoms with Crippen LogP contribution in [0.5, 0.6) is 5.75 Å². The fourth-order valence-electron chi connectivity index (χ4n) is 3.11. The lowest BCUT2D eigenvalue weighted by atomic mass is 9.99. The first kappa shape index (κ1) is 22.9. The number of benzene rings is 1. The fraction of sp³-hybridized carbons (Fsp3) is 0.632. The number of nitrogens with one attached hydrogen (secondary N) is 1. The Morgan fingerprint density at radius 3 is 2.82 bits per heavy atom. The van der Waals surface area contributed by atoms with E-state index in [1.807, 2.05) is 13.8 Å². The topological polar surface area (TPSA) is 84.9 Å². The standard InChI is InChI=1S/C19H29ClN2O5S/c1-14(2)27-11-5-9-21-19(23)15-6-4-10-22(13-15)28(24,25)18-12-16(20)7-8-17(18)26-3/h7-8,12,14-15H,4-6,9-11,13H2,1-3H3,(H,21,23). The Hall–Kier alpha value is -1.35. The Balaban J connectivity index is 2.00. The van der Waals surface area contributed by atoms with E-state index in [9.17, 15) is 13.2 Å². The van der Waals surface area contributed by atoms with E-state index in [0.29, 0.717) is 37.6 Å². The summed E-state index contributed by atoms with van der Waals surface area (Å²) < 4.78 is 38.2. The Morgan fingerprint density at radius 1 is 1.39 bits per heavy atom. The van der Waals surface area contributed by atoms with Crippen LogP contribution in [0, 0.1) is 5.92 Å².